The van der Waals surface area contributed by atoms with Crippen LogP contribution in [0.2, 0.25) is 0 Å². The first-order valence-electron chi connectivity index (χ1n) is 8.21. The first kappa shape index (κ1) is 20.5. The number of amides is 2. The number of carboxylic acids is 1. The van der Waals surface area contributed by atoms with E-state index in [1.807, 2.05) is 20.8 Å². The van der Waals surface area contributed by atoms with Crippen molar-refractivity contribution in [1.82, 2.24) is 10.6 Å². The lowest BCUT2D eigenvalue weighted by molar-refractivity contribution is -0.139. The summed E-state index contributed by atoms with van der Waals surface area (Å²) >= 11 is 0. The molecule has 1 aromatic carbocycles. The van der Waals surface area contributed by atoms with Crippen molar-refractivity contribution in [1.29, 1.82) is 0 Å². The Morgan fingerprint density at radius 1 is 1.20 bits per heavy atom. The minimum Gasteiger partial charge on any atom is -0.494 e. The number of aliphatic carboxylic acids is 1. The van der Waals surface area contributed by atoms with E-state index in [0.29, 0.717) is 17.9 Å². The molecule has 0 saturated heterocycles. The minimum atomic E-state index is -0.991. The molecule has 0 aliphatic carbocycles. The van der Waals surface area contributed by atoms with Crippen LogP contribution in [-0.2, 0) is 9.59 Å². The maximum absolute atomic E-state index is 12.1. The molecule has 0 fully saturated rings. The Bertz CT molecular complexity index is 612. The summed E-state index contributed by atoms with van der Waals surface area (Å²) in [5.74, 6) is -1.22. The maximum Gasteiger partial charge on any atom is 0.305 e. The molecule has 0 spiro atoms. The number of hydrogen-bond acceptors (Lipinski definition) is 4. The fourth-order valence-corrected chi connectivity index (χ4v) is 2.20. The van der Waals surface area contributed by atoms with Gasteiger partial charge in [0.05, 0.1) is 25.1 Å². The predicted octanol–water partition coefficient (Wildman–Crippen LogP) is 1.82. The van der Waals surface area contributed by atoms with Crippen LogP contribution in [-0.4, -0.2) is 41.6 Å². The number of benzene rings is 1. The number of rotatable bonds is 9. The summed E-state index contributed by atoms with van der Waals surface area (Å²) in [7, 11) is 0. The molecule has 0 heterocycles. The molecule has 0 bridgehead atoms. The summed E-state index contributed by atoms with van der Waals surface area (Å²) < 4.78 is 5.30. The molecule has 1 rings (SSSR count). The first-order chi connectivity index (χ1) is 11.7. The largest absolute Gasteiger partial charge is 0.494 e. The molecule has 0 aliphatic rings. The van der Waals surface area contributed by atoms with E-state index in [9.17, 15) is 14.4 Å². The Balaban J connectivity index is 2.59. The molecule has 1 unspecified atom stereocenters. The molecule has 2 amide bonds. The highest BCUT2D eigenvalue weighted by Gasteiger charge is 2.32. The van der Waals surface area contributed by atoms with Gasteiger partial charge in [-0.2, -0.15) is 0 Å². The zero-order valence-corrected chi connectivity index (χ0v) is 15.1. The van der Waals surface area contributed by atoms with Crippen LogP contribution in [0.25, 0.3) is 0 Å². The van der Waals surface area contributed by atoms with Gasteiger partial charge in [0.2, 0.25) is 5.91 Å². The van der Waals surface area contributed by atoms with E-state index in [0.717, 1.165) is 0 Å². The van der Waals surface area contributed by atoms with Crippen LogP contribution in [0.15, 0.2) is 24.3 Å². The molecule has 7 nitrogen and oxygen atoms in total. The molecule has 25 heavy (non-hydrogen) atoms. The molecule has 0 radical (unpaired) electrons. The van der Waals surface area contributed by atoms with E-state index in [4.69, 9.17) is 9.84 Å². The Labute approximate surface area is 147 Å². The average Bonchev–Trinajstić information content (AvgIpc) is 2.52. The lowest BCUT2D eigenvalue weighted by Crippen LogP contribution is -2.53. The lowest BCUT2D eigenvalue weighted by atomic mass is 9.85. The fraction of sp³-hybridized carbons (Fsp3) is 0.500. The summed E-state index contributed by atoms with van der Waals surface area (Å²) in [6.45, 7) is 7.53. The molecule has 1 atom stereocenters. The number of nitrogens with one attached hydrogen (secondary N) is 2. The van der Waals surface area contributed by atoms with E-state index in [1.54, 1.807) is 31.2 Å². The quantitative estimate of drug-likeness (QED) is 0.630. The van der Waals surface area contributed by atoms with Gasteiger partial charge in [0.25, 0.3) is 5.91 Å². The Morgan fingerprint density at radius 2 is 1.80 bits per heavy atom. The SMILES string of the molecule is CCOc1ccc(C(=O)NCC(=O)NC(C)(CC(=O)O)C(C)C)cc1. The predicted molar refractivity (Wildman–Crippen MR) is 93.6 cm³/mol. The fourth-order valence-electron chi connectivity index (χ4n) is 2.20. The van der Waals surface area contributed by atoms with E-state index in [-0.39, 0.29) is 24.8 Å². The van der Waals surface area contributed by atoms with E-state index in [2.05, 4.69) is 10.6 Å². The normalized spacial score (nSPS) is 13.0. The molecular formula is C18H26N2O5. The second-order valence-corrected chi connectivity index (χ2v) is 6.33. The zero-order chi connectivity index (χ0) is 19.0. The van der Waals surface area contributed by atoms with Gasteiger partial charge in [-0.1, -0.05) is 13.8 Å². The Hall–Kier alpha value is -2.57. The van der Waals surface area contributed by atoms with Crippen LogP contribution >= 0.6 is 0 Å². The summed E-state index contributed by atoms with van der Waals surface area (Å²) in [6.07, 6.45) is -0.191. The van der Waals surface area contributed by atoms with Crippen LogP contribution in [0.4, 0.5) is 0 Å². The lowest BCUT2D eigenvalue weighted by Gasteiger charge is -2.33. The highest BCUT2D eigenvalue weighted by atomic mass is 16.5. The van der Waals surface area contributed by atoms with Crippen LogP contribution in [0.1, 0.15) is 44.5 Å². The molecular weight excluding hydrogens is 324 g/mol. The van der Waals surface area contributed by atoms with E-state index >= 15 is 0 Å². The third-order valence-corrected chi connectivity index (χ3v) is 4.05. The van der Waals surface area contributed by atoms with Crippen molar-refractivity contribution in [3.05, 3.63) is 29.8 Å². The zero-order valence-electron chi connectivity index (χ0n) is 15.1. The Morgan fingerprint density at radius 3 is 2.28 bits per heavy atom. The monoisotopic (exact) mass is 350 g/mol. The molecule has 138 valence electrons. The van der Waals surface area contributed by atoms with Crippen molar-refractivity contribution >= 4 is 17.8 Å². The van der Waals surface area contributed by atoms with E-state index in [1.165, 1.54) is 0 Å². The molecule has 3 N–H and O–H groups in total. The van der Waals surface area contributed by atoms with Gasteiger partial charge in [0.15, 0.2) is 0 Å². The molecule has 7 heteroatoms. The van der Waals surface area contributed by atoms with Gasteiger partial charge in [-0.15, -0.1) is 0 Å². The highest BCUT2D eigenvalue weighted by molar-refractivity contribution is 5.96. The molecule has 0 aliphatic heterocycles. The van der Waals surface area contributed by atoms with Gasteiger partial charge in [-0.25, -0.2) is 0 Å². The van der Waals surface area contributed by atoms with Crippen molar-refractivity contribution in [2.75, 3.05) is 13.2 Å². The smallest absolute Gasteiger partial charge is 0.305 e. The van der Waals surface area contributed by atoms with Crippen LogP contribution in [0, 0.1) is 5.92 Å². The second kappa shape index (κ2) is 9.05. The highest BCUT2D eigenvalue weighted by Crippen LogP contribution is 2.20. The number of carboxylic acid groups (broad SMARTS) is 1. The number of ether oxygens (including phenoxy) is 1. The standard InChI is InChI=1S/C18H26N2O5/c1-5-25-14-8-6-13(7-9-14)17(24)19-11-15(21)20-18(4,12(2)3)10-16(22)23/h6-9,12H,5,10-11H2,1-4H3,(H,19,24)(H,20,21)(H,22,23). The minimum absolute atomic E-state index is 0.0747. The summed E-state index contributed by atoms with van der Waals surface area (Å²) in [5.41, 5.74) is -0.472. The topological polar surface area (TPSA) is 105 Å². The molecule has 0 aromatic heterocycles. The van der Waals surface area contributed by atoms with Crippen molar-refractivity contribution in [3.8, 4) is 5.75 Å². The van der Waals surface area contributed by atoms with Crippen molar-refractivity contribution in [2.45, 2.75) is 39.7 Å². The summed E-state index contributed by atoms with van der Waals surface area (Å²) in [4.78, 5) is 35.1. The number of carbonyl (C=O) groups excluding carboxylic acids is 2. The van der Waals surface area contributed by atoms with Crippen molar-refractivity contribution in [3.63, 3.8) is 0 Å². The summed E-state index contributed by atoms with van der Waals surface area (Å²) in [5, 5.41) is 14.2. The first-order valence-corrected chi connectivity index (χ1v) is 8.21. The third-order valence-electron chi connectivity index (χ3n) is 4.05. The third kappa shape index (κ3) is 6.45. The summed E-state index contributed by atoms with van der Waals surface area (Å²) in [6, 6.07) is 6.59. The maximum atomic E-state index is 12.1. The van der Waals surface area contributed by atoms with Gasteiger partial charge in [0.1, 0.15) is 5.75 Å². The van der Waals surface area contributed by atoms with E-state index < -0.39 is 17.4 Å². The number of hydrogen-bond donors (Lipinski definition) is 3. The van der Waals surface area contributed by atoms with Gasteiger partial charge in [0, 0.05) is 5.56 Å². The van der Waals surface area contributed by atoms with Crippen molar-refractivity contribution < 1.29 is 24.2 Å². The van der Waals surface area contributed by atoms with Gasteiger partial charge < -0.3 is 20.5 Å². The van der Waals surface area contributed by atoms with Crippen LogP contribution in [0.5, 0.6) is 5.75 Å². The van der Waals surface area contributed by atoms with Gasteiger partial charge in [-0.3, -0.25) is 14.4 Å². The van der Waals surface area contributed by atoms with Gasteiger partial charge >= 0.3 is 5.97 Å². The second-order valence-electron chi connectivity index (χ2n) is 6.33. The number of carbonyl (C=O) groups is 3. The van der Waals surface area contributed by atoms with Crippen molar-refractivity contribution in [2.24, 2.45) is 5.92 Å². The van der Waals surface area contributed by atoms with Gasteiger partial charge in [-0.05, 0) is 44.0 Å². The van der Waals surface area contributed by atoms with Crippen LogP contribution < -0.4 is 15.4 Å². The molecule has 1 aromatic rings. The molecule has 0 saturated carbocycles. The average molecular weight is 350 g/mol. The Kier molecular flexibility index (Phi) is 7.42. The van der Waals surface area contributed by atoms with Crippen LogP contribution in [0.3, 0.4) is 0 Å².